The molecule has 1 atom stereocenters. The van der Waals surface area contributed by atoms with Crippen LogP contribution in [0.4, 0.5) is 0 Å². The minimum absolute atomic E-state index is 0.0257. The fraction of sp³-hybridized carbons (Fsp3) is 0.571. The number of nitrogens with one attached hydrogen (secondary N) is 1. The van der Waals surface area contributed by atoms with Crippen molar-refractivity contribution in [3.8, 4) is 0 Å². The molecule has 2 heterocycles. The molecule has 20 heavy (non-hydrogen) atoms. The van der Waals surface area contributed by atoms with Crippen LogP contribution in [-0.4, -0.2) is 33.9 Å². The molecular weight excluding hydrogens is 274 g/mol. The molecular formula is C14H21N3O2S. The number of hydrogen-bond acceptors (Lipinski definition) is 4. The number of nitrogens with zero attached hydrogens (tertiary/aromatic N) is 2. The van der Waals surface area contributed by atoms with Crippen molar-refractivity contribution < 1.29 is 9.90 Å². The molecule has 0 radical (unpaired) electrons. The van der Waals surface area contributed by atoms with E-state index in [-0.39, 0.29) is 12.5 Å². The average Bonchev–Trinajstić information content (AvgIpc) is 2.97. The number of aryl methyl sites for hydroxylation is 2. The molecule has 5 nitrogen and oxygen atoms in total. The number of amides is 1. The summed E-state index contributed by atoms with van der Waals surface area (Å²) in [6.45, 7) is 4.81. The molecule has 0 aromatic carbocycles. The van der Waals surface area contributed by atoms with Gasteiger partial charge in [-0.1, -0.05) is 6.92 Å². The predicted molar refractivity (Wildman–Crippen MR) is 81.1 cm³/mol. The Morgan fingerprint density at radius 1 is 1.60 bits per heavy atom. The van der Waals surface area contributed by atoms with Gasteiger partial charge >= 0.3 is 0 Å². The van der Waals surface area contributed by atoms with Crippen LogP contribution < -0.4 is 5.32 Å². The van der Waals surface area contributed by atoms with Gasteiger partial charge in [-0.3, -0.25) is 9.48 Å². The van der Waals surface area contributed by atoms with Crippen LogP contribution in [0.15, 0.2) is 6.07 Å². The van der Waals surface area contributed by atoms with E-state index < -0.39 is 0 Å². The maximum atomic E-state index is 12.1. The lowest BCUT2D eigenvalue weighted by atomic mass is 10.1. The first kappa shape index (κ1) is 15.0. The Morgan fingerprint density at radius 2 is 2.35 bits per heavy atom. The first-order chi connectivity index (χ1) is 9.52. The second kappa shape index (κ2) is 6.37. The molecule has 1 amide bonds. The topological polar surface area (TPSA) is 67.2 Å². The lowest BCUT2D eigenvalue weighted by Gasteiger charge is -2.07. The SMILES string of the molecule is Cc1nn(C)c2sc(C(=O)NCCCC(C)CO)cc12. The first-order valence-electron chi connectivity index (χ1n) is 6.85. The third-order valence-electron chi connectivity index (χ3n) is 3.39. The summed E-state index contributed by atoms with van der Waals surface area (Å²) in [4.78, 5) is 13.8. The molecule has 0 saturated carbocycles. The van der Waals surface area contributed by atoms with Crippen LogP contribution in [0, 0.1) is 12.8 Å². The Labute approximate surface area is 122 Å². The van der Waals surface area contributed by atoms with Crippen molar-refractivity contribution in [2.45, 2.75) is 26.7 Å². The average molecular weight is 295 g/mol. The van der Waals surface area contributed by atoms with Crippen LogP contribution in [0.5, 0.6) is 0 Å². The van der Waals surface area contributed by atoms with Crippen LogP contribution in [0.3, 0.4) is 0 Å². The Bertz CT molecular complexity index is 568. The molecule has 0 bridgehead atoms. The van der Waals surface area contributed by atoms with E-state index in [1.807, 2.05) is 31.6 Å². The molecule has 2 aromatic heterocycles. The molecule has 0 aliphatic carbocycles. The van der Waals surface area contributed by atoms with Crippen molar-refractivity contribution in [2.24, 2.45) is 13.0 Å². The highest BCUT2D eigenvalue weighted by atomic mass is 32.1. The summed E-state index contributed by atoms with van der Waals surface area (Å²) in [5.41, 5.74) is 0.953. The van der Waals surface area contributed by atoms with Crippen LogP contribution in [0.1, 0.15) is 35.1 Å². The van der Waals surface area contributed by atoms with Gasteiger partial charge in [-0.15, -0.1) is 11.3 Å². The van der Waals surface area contributed by atoms with Crippen molar-refractivity contribution in [1.82, 2.24) is 15.1 Å². The molecule has 0 saturated heterocycles. The minimum Gasteiger partial charge on any atom is -0.396 e. The molecule has 6 heteroatoms. The van der Waals surface area contributed by atoms with Crippen molar-refractivity contribution in [1.29, 1.82) is 0 Å². The van der Waals surface area contributed by atoms with E-state index in [1.165, 1.54) is 11.3 Å². The van der Waals surface area contributed by atoms with Gasteiger partial charge in [0.15, 0.2) is 0 Å². The number of thiophene rings is 1. The van der Waals surface area contributed by atoms with Crippen molar-refractivity contribution in [2.75, 3.05) is 13.2 Å². The summed E-state index contributed by atoms with van der Waals surface area (Å²) in [6, 6.07) is 1.91. The van der Waals surface area contributed by atoms with Crippen molar-refractivity contribution in [3.63, 3.8) is 0 Å². The van der Waals surface area contributed by atoms with E-state index in [4.69, 9.17) is 5.11 Å². The number of rotatable bonds is 6. The summed E-state index contributed by atoms with van der Waals surface area (Å²) in [5.74, 6) is 0.271. The molecule has 2 aromatic rings. The fourth-order valence-corrected chi connectivity index (χ4v) is 3.19. The highest BCUT2D eigenvalue weighted by molar-refractivity contribution is 7.20. The van der Waals surface area contributed by atoms with Gasteiger partial charge in [0, 0.05) is 25.6 Å². The van der Waals surface area contributed by atoms with Gasteiger partial charge < -0.3 is 10.4 Å². The molecule has 0 aliphatic rings. The predicted octanol–water partition coefficient (Wildman–Crippen LogP) is 2.08. The highest BCUT2D eigenvalue weighted by Crippen LogP contribution is 2.27. The smallest absolute Gasteiger partial charge is 0.261 e. The number of hydrogen-bond donors (Lipinski definition) is 2. The second-order valence-corrected chi connectivity index (χ2v) is 6.26. The largest absolute Gasteiger partial charge is 0.396 e. The number of carbonyl (C=O) groups excluding carboxylic acids is 1. The Morgan fingerprint density at radius 3 is 3.00 bits per heavy atom. The van der Waals surface area contributed by atoms with Crippen LogP contribution >= 0.6 is 11.3 Å². The van der Waals surface area contributed by atoms with E-state index in [9.17, 15) is 4.79 Å². The van der Waals surface area contributed by atoms with Gasteiger partial charge in [-0.05, 0) is 31.7 Å². The zero-order chi connectivity index (χ0) is 14.7. The van der Waals surface area contributed by atoms with Crippen LogP contribution in [-0.2, 0) is 7.05 Å². The lowest BCUT2D eigenvalue weighted by molar-refractivity contribution is 0.0956. The Balaban J connectivity index is 1.93. The molecule has 0 spiro atoms. The number of carbonyl (C=O) groups is 1. The second-order valence-electron chi connectivity index (χ2n) is 5.22. The summed E-state index contributed by atoms with van der Waals surface area (Å²) in [6.07, 6.45) is 1.81. The number of aromatic nitrogens is 2. The van der Waals surface area contributed by atoms with Crippen LogP contribution in [0.25, 0.3) is 10.2 Å². The van der Waals surface area contributed by atoms with Gasteiger partial charge in [0.1, 0.15) is 4.83 Å². The zero-order valence-electron chi connectivity index (χ0n) is 12.1. The quantitative estimate of drug-likeness (QED) is 0.802. The van der Waals surface area contributed by atoms with E-state index in [0.29, 0.717) is 12.5 Å². The van der Waals surface area contributed by atoms with Gasteiger partial charge in [0.05, 0.1) is 10.6 Å². The maximum absolute atomic E-state index is 12.1. The van der Waals surface area contributed by atoms with Gasteiger partial charge in [-0.2, -0.15) is 5.10 Å². The minimum atomic E-state index is -0.0257. The summed E-state index contributed by atoms with van der Waals surface area (Å²) < 4.78 is 1.81. The van der Waals surface area contributed by atoms with Crippen molar-refractivity contribution in [3.05, 3.63) is 16.6 Å². The van der Waals surface area contributed by atoms with E-state index >= 15 is 0 Å². The molecule has 0 aliphatic heterocycles. The van der Waals surface area contributed by atoms with Crippen molar-refractivity contribution >= 4 is 27.5 Å². The summed E-state index contributed by atoms with van der Waals surface area (Å²) in [5, 5.41) is 17.2. The molecule has 2 N–H and O–H groups in total. The van der Waals surface area contributed by atoms with Gasteiger partial charge in [0.25, 0.3) is 5.91 Å². The van der Waals surface area contributed by atoms with E-state index in [2.05, 4.69) is 10.4 Å². The number of fused-ring (bicyclic) bond motifs is 1. The summed E-state index contributed by atoms with van der Waals surface area (Å²) >= 11 is 1.47. The highest BCUT2D eigenvalue weighted by Gasteiger charge is 2.14. The van der Waals surface area contributed by atoms with Gasteiger partial charge in [-0.25, -0.2) is 0 Å². The Kier molecular flexibility index (Phi) is 4.77. The summed E-state index contributed by atoms with van der Waals surface area (Å²) in [7, 11) is 1.89. The molecule has 2 rings (SSSR count). The molecule has 110 valence electrons. The van der Waals surface area contributed by atoms with E-state index in [0.717, 1.165) is 33.6 Å². The monoisotopic (exact) mass is 295 g/mol. The Hall–Kier alpha value is -1.40. The number of aliphatic hydroxyl groups is 1. The maximum Gasteiger partial charge on any atom is 0.261 e. The lowest BCUT2D eigenvalue weighted by Crippen LogP contribution is -2.24. The number of aliphatic hydroxyl groups excluding tert-OH is 1. The third-order valence-corrected chi connectivity index (χ3v) is 4.59. The zero-order valence-corrected chi connectivity index (χ0v) is 13.0. The van der Waals surface area contributed by atoms with Gasteiger partial charge in [0.2, 0.25) is 0 Å². The first-order valence-corrected chi connectivity index (χ1v) is 7.66. The third kappa shape index (κ3) is 3.19. The standard InChI is InChI=1S/C14H21N3O2S/c1-9(8-18)5-4-6-15-13(19)12-7-11-10(2)16-17(3)14(11)20-12/h7,9,18H,4-6,8H2,1-3H3,(H,15,19). The fourth-order valence-electron chi connectivity index (χ4n) is 2.15. The molecule has 1 unspecified atom stereocenters. The molecule has 0 fully saturated rings. The van der Waals surface area contributed by atoms with E-state index in [1.54, 1.807) is 0 Å². The normalized spacial score (nSPS) is 12.8. The van der Waals surface area contributed by atoms with Crippen LogP contribution in [0.2, 0.25) is 0 Å².